The molecule has 0 saturated heterocycles. The predicted octanol–water partition coefficient (Wildman–Crippen LogP) is 5.17. The van der Waals surface area contributed by atoms with Crippen LogP contribution in [0.15, 0.2) is 91.1 Å². The van der Waals surface area contributed by atoms with Gasteiger partial charge in [-0.15, -0.1) is 0 Å². The van der Waals surface area contributed by atoms with Gasteiger partial charge in [-0.2, -0.15) is 0 Å². The monoisotopic (exact) mass is 435 g/mol. The lowest BCUT2D eigenvalue weighted by Crippen LogP contribution is -2.32. The van der Waals surface area contributed by atoms with Gasteiger partial charge in [0.25, 0.3) is 5.91 Å². The number of nitrogens with one attached hydrogen (secondary N) is 1. The Kier molecular flexibility index (Phi) is 5.53. The van der Waals surface area contributed by atoms with Crippen LogP contribution in [0.2, 0.25) is 0 Å². The number of benzene rings is 3. The minimum atomic E-state index is -0.0771. The van der Waals surface area contributed by atoms with Gasteiger partial charge in [-0.1, -0.05) is 36.4 Å². The largest absolute Gasteiger partial charge is 0.326 e. The molecule has 5 heteroatoms. The van der Waals surface area contributed by atoms with Crippen LogP contribution in [0.3, 0.4) is 0 Å². The van der Waals surface area contributed by atoms with Crippen molar-refractivity contribution in [3.63, 3.8) is 0 Å². The van der Waals surface area contributed by atoms with Gasteiger partial charge in [0.15, 0.2) is 0 Å². The number of anilines is 2. The predicted molar refractivity (Wildman–Crippen MR) is 131 cm³/mol. The van der Waals surface area contributed by atoms with Gasteiger partial charge >= 0.3 is 0 Å². The van der Waals surface area contributed by atoms with Gasteiger partial charge in [0.1, 0.15) is 0 Å². The highest BCUT2D eigenvalue weighted by molar-refractivity contribution is 6.07. The van der Waals surface area contributed by atoms with Gasteiger partial charge in [-0.25, -0.2) is 0 Å². The Labute approximate surface area is 193 Å². The van der Waals surface area contributed by atoms with Gasteiger partial charge in [0, 0.05) is 36.1 Å². The highest BCUT2D eigenvalue weighted by Crippen LogP contribution is 2.30. The van der Waals surface area contributed by atoms with Crippen LogP contribution in [-0.4, -0.2) is 22.9 Å². The van der Waals surface area contributed by atoms with Crippen molar-refractivity contribution in [3.05, 3.63) is 114 Å². The van der Waals surface area contributed by atoms with Crippen molar-refractivity contribution in [2.45, 2.75) is 19.8 Å². The summed E-state index contributed by atoms with van der Waals surface area (Å²) in [6, 6.07) is 27.1. The van der Waals surface area contributed by atoms with Gasteiger partial charge in [-0.3, -0.25) is 9.59 Å². The standard InChI is InChI=1S/C28H25N3O2/c1-20-7-2-3-8-22(20)19-27(32)29-23-14-12-21(13-15-23)28(33)31-18-16-24-9-6-17-30(24)25-10-4-5-11-26(25)31/h2-15,17H,16,18-19H2,1H3,(H,29,32). The Hall–Kier alpha value is -4.12. The topological polar surface area (TPSA) is 54.3 Å². The number of aromatic nitrogens is 1. The second-order valence-electron chi connectivity index (χ2n) is 8.29. The van der Waals surface area contributed by atoms with E-state index in [0.717, 1.165) is 28.9 Å². The van der Waals surface area contributed by atoms with Gasteiger partial charge < -0.3 is 14.8 Å². The lowest BCUT2D eigenvalue weighted by Gasteiger charge is -2.23. The first kappa shape index (κ1) is 20.8. The normalized spacial score (nSPS) is 12.5. The maximum atomic E-state index is 13.4. The van der Waals surface area contributed by atoms with E-state index < -0.39 is 0 Å². The Bertz CT molecular complexity index is 1320. The number of hydrogen-bond donors (Lipinski definition) is 1. The third-order valence-corrected chi connectivity index (χ3v) is 6.13. The first-order chi connectivity index (χ1) is 16.1. The summed E-state index contributed by atoms with van der Waals surface area (Å²) in [5.74, 6) is -0.127. The Morgan fingerprint density at radius 2 is 1.58 bits per heavy atom. The third-order valence-electron chi connectivity index (χ3n) is 6.13. The maximum Gasteiger partial charge on any atom is 0.258 e. The average Bonchev–Trinajstić information content (AvgIpc) is 3.24. The SMILES string of the molecule is Cc1ccccc1CC(=O)Nc1ccc(C(=O)N2CCc3cccn3-c3ccccc32)cc1. The van der Waals surface area contributed by atoms with E-state index in [4.69, 9.17) is 0 Å². The second kappa shape index (κ2) is 8.79. The number of carbonyl (C=O) groups excluding carboxylic acids is 2. The molecule has 0 spiro atoms. The van der Waals surface area contributed by atoms with Gasteiger partial charge in [0.05, 0.1) is 17.8 Å². The average molecular weight is 436 g/mol. The molecule has 2 amide bonds. The third kappa shape index (κ3) is 4.17. The van der Waals surface area contributed by atoms with E-state index in [-0.39, 0.29) is 11.8 Å². The number of fused-ring (bicyclic) bond motifs is 3. The molecule has 1 N–H and O–H groups in total. The molecule has 164 valence electrons. The van der Waals surface area contributed by atoms with Crippen molar-refractivity contribution in [1.82, 2.24) is 4.57 Å². The summed E-state index contributed by atoms with van der Waals surface area (Å²) in [5, 5.41) is 2.93. The molecule has 3 aromatic carbocycles. The lowest BCUT2D eigenvalue weighted by molar-refractivity contribution is -0.115. The van der Waals surface area contributed by atoms with Crippen molar-refractivity contribution < 1.29 is 9.59 Å². The molecule has 1 aromatic heterocycles. The molecule has 5 rings (SSSR count). The molecule has 0 radical (unpaired) electrons. The van der Waals surface area contributed by atoms with Crippen LogP contribution in [-0.2, 0) is 17.6 Å². The van der Waals surface area contributed by atoms with Crippen molar-refractivity contribution in [2.24, 2.45) is 0 Å². The van der Waals surface area contributed by atoms with Crippen LogP contribution in [0.4, 0.5) is 11.4 Å². The number of hydrogen-bond acceptors (Lipinski definition) is 2. The zero-order valence-electron chi connectivity index (χ0n) is 18.5. The maximum absolute atomic E-state index is 13.4. The molecule has 0 atom stereocenters. The minimum absolute atomic E-state index is 0.0500. The van der Waals surface area contributed by atoms with Gasteiger partial charge in [-0.05, 0) is 66.6 Å². The highest BCUT2D eigenvalue weighted by Gasteiger charge is 2.24. The number of para-hydroxylation sites is 2. The molecular formula is C28H25N3O2. The number of carbonyl (C=O) groups is 2. The van der Waals surface area contributed by atoms with Crippen molar-refractivity contribution in [1.29, 1.82) is 0 Å². The number of aryl methyl sites for hydroxylation is 1. The summed E-state index contributed by atoms with van der Waals surface area (Å²) in [6.45, 7) is 2.61. The van der Waals surface area contributed by atoms with E-state index in [1.54, 1.807) is 24.3 Å². The summed E-state index contributed by atoms with van der Waals surface area (Å²) in [5.41, 5.74) is 6.46. The Balaban J connectivity index is 1.32. The van der Waals surface area contributed by atoms with E-state index >= 15 is 0 Å². The zero-order valence-corrected chi connectivity index (χ0v) is 18.5. The molecule has 0 aliphatic carbocycles. The number of amides is 2. The van der Waals surface area contributed by atoms with E-state index in [0.29, 0.717) is 24.2 Å². The van der Waals surface area contributed by atoms with Crippen LogP contribution >= 0.6 is 0 Å². The molecule has 0 bridgehead atoms. The van der Waals surface area contributed by atoms with E-state index in [2.05, 4.69) is 16.0 Å². The molecule has 1 aliphatic heterocycles. The molecule has 33 heavy (non-hydrogen) atoms. The fraction of sp³-hybridized carbons (Fsp3) is 0.143. The highest BCUT2D eigenvalue weighted by atomic mass is 16.2. The van der Waals surface area contributed by atoms with E-state index in [9.17, 15) is 9.59 Å². The molecule has 4 aromatic rings. The molecule has 1 aliphatic rings. The van der Waals surface area contributed by atoms with Gasteiger partial charge in [0.2, 0.25) is 5.91 Å². The smallest absolute Gasteiger partial charge is 0.258 e. The molecule has 0 saturated carbocycles. The summed E-state index contributed by atoms with van der Waals surface area (Å²) >= 11 is 0. The van der Waals surface area contributed by atoms with Crippen LogP contribution in [0, 0.1) is 6.92 Å². The van der Waals surface area contributed by atoms with Crippen LogP contribution in [0.1, 0.15) is 27.2 Å². The lowest BCUT2D eigenvalue weighted by atomic mass is 10.1. The Morgan fingerprint density at radius 3 is 2.36 bits per heavy atom. The Morgan fingerprint density at radius 1 is 0.848 bits per heavy atom. The summed E-state index contributed by atoms with van der Waals surface area (Å²) < 4.78 is 2.15. The molecule has 0 unspecified atom stereocenters. The van der Waals surface area contributed by atoms with E-state index in [1.807, 2.05) is 72.6 Å². The van der Waals surface area contributed by atoms with Crippen molar-refractivity contribution in [2.75, 3.05) is 16.8 Å². The molecule has 5 nitrogen and oxygen atoms in total. The second-order valence-corrected chi connectivity index (χ2v) is 8.29. The fourth-order valence-corrected chi connectivity index (χ4v) is 4.35. The summed E-state index contributed by atoms with van der Waals surface area (Å²) in [4.78, 5) is 27.7. The van der Waals surface area contributed by atoms with E-state index in [1.165, 1.54) is 5.69 Å². The van der Waals surface area contributed by atoms with Crippen LogP contribution < -0.4 is 10.2 Å². The minimum Gasteiger partial charge on any atom is -0.326 e. The molecule has 2 heterocycles. The quantitative estimate of drug-likeness (QED) is 0.481. The summed E-state index contributed by atoms with van der Waals surface area (Å²) in [6.07, 6.45) is 3.13. The van der Waals surface area contributed by atoms with Crippen LogP contribution in [0.5, 0.6) is 0 Å². The number of rotatable bonds is 4. The first-order valence-corrected chi connectivity index (χ1v) is 11.1. The summed E-state index contributed by atoms with van der Waals surface area (Å²) in [7, 11) is 0. The van der Waals surface area contributed by atoms with Crippen LogP contribution in [0.25, 0.3) is 5.69 Å². The zero-order chi connectivity index (χ0) is 22.8. The fourth-order valence-electron chi connectivity index (χ4n) is 4.35. The first-order valence-electron chi connectivity index (χ1n) is 11.1. The molecule has 0 fully saturated rings. The number of nitrogens with zero attached hydrogens (tertiary/aromatic N) is 2. The van der Waals surface area contributed by atoms with Crippen molar-refractivity contribution >= 4 is 23.2 Å². The molecular weight excluding hydrogens is 410 g/mol. The van der Waals surface area contributed by atoms with Crippen molar-refractivity contribution in [3.8, 4) is 5.69 Å².